The minimum Gasteiger partial charge on any atom is -0.497 e. The van der Waals surface area contributed by atoms with Gasteiger partial charge in [0.05, 0.1) is 12.8 Å². The average molecular weight is 347 g/mol. The second kappa shape index (κ2) is 6.31. The van der Waals surface area contributed by atoms with E-state index in [0.717, 1.165) is 41.5 Å². The van der Waals surface area contributed by atoms with Crippen molar-refractivity contribution >= 4 is 11.4 Å². The van der Waals surface area contributed by atoms with Crippen molar-refractivity contribution in [3.05, 3.63) is 65.4 Å². The molecular weight excluding hydrogens is 322 g/mol. The molecule has 0 bridgehead atoms. The summed E-state index contributed by atoms with van der Waals surface area (Å²) in [6.07, 6.45) is 1.90. The fraction of sp³-hybridized carbons (Fsp3) is 0.348. The van der Waals surface area contributed by atoms with E-state index in [9.17, 15) is 0 Å². The van der Waals surface area contributed by atoms with Gasteiger partial charge in [0.2, 0.25) is 0 Å². The number of ether oxygens (including phenoxy) is 2. The highest BCUT2D eigenvalue weighted by atomic mass is 16.5. The Hall–Kier alpha value is -2.55. The highest BCUT2D eigenvalue weighted by Gasteiger charge is 2.38. The van der Waals surface area contributed by atoms with Gasteiger partial charge >= 0.3 is 0 Å². The number of nitrogens with zero attached hydrogens (tertiary/aromatic N) is 1. The van der Waals surface area contributed by atoms with Crippen LogP contribution in [0.5, 0.6) is 11.5 Å². The zero-order valence-electron chi connectivity index (χ0n) is 15.9. The van der Waals surface area contributed by atoms with E-state index in [4.69, 9.17) is 14.5 Å². The molecule has 4 rings (SSSR count). The second-order valence-corrected chi connectivity index (χ2v) is 7.97. The van der Waals surface area contributed by atoms with Crippen LogP contribution in [0, 0.1) is 5.41 Å². The van der Waals surface area contributed by atoms with Gasteiger partial charge in [0.25, 0.3) is 0 Å². The molecule has 0 radical (unpaired) electrons. The predicted octanol–water partition coefficient (Wildman–Crippen LogP) is 6.04. The lowest BCUT2D eigenvalue weighted by Crippen LogP contribution is -2.32. The number of para-hydroxylation sites is 1. The Morgan fingerprint density at radius 2 is 1.77 bits per heavy atom. The SMILES string of the molecule is COc1ccc(N=C2CC(C)(C)CC3=C2[C@@H](C)c2ccccc2O3)cc1. The summed E-state index contributed by atoms with van der Waals surface area (Å²) in [5, 5.41) is 0. The van der Waals surface area contributed by atoms with Crippen LogP contribution in [0.1, 0.15) is 45.1 Å². The van der Waals surface area contributed by atoms with Crippen molar-refractivity contribution < 1.29 is 9.47 Å². The van der Waals surface area contributed by atoms with Crippen LogP contribution in [0.2, 0.25) is 0 Å². The zero-order chi connectivity index (χ0) is 18.3. The molecule has 0 fully saturated rings. The monoisotopic (exact) mass is 347 g/mol. The second-order valence-electron chi connectivity index (χ2n) is 7.97. The van der Waals surface area contributed by atoms with E-state index in [1.165, 1.54) is 11.1 Å². The molecule has 3 nitrogen and oxygen atoms in total. The summed E-state index contributed by atoms with van der Waals surface area (Å²) in [6.45, 7) is 6.84. The number of hydrogen-bond donors (Lipinski definition) is 0. The van der Waals surface area contributed by atoms with E-state index in [0.29, 0.717) is 5.92 Å². The molecule has 3 heteroatoms. The summed E-state index contributed by atoms with van der Waals surface area (Å²) in [5.74, 6) is 3.21. The van der Waals surface area contributed by atoms with Crippen molar-refractivity contribution in [1.82, 2.24) is 0 Å². The lowest BCUT2D eigenvalue weighted by molar-refractivity contribution is 0.278. The van der Waals surface area contributed by atoms with Gasteiger partial charge in [-0.25, -0.2) is 0 Å². The Labute approximate surface area is 155 Å². The van der Waals surface area contributed by atoms with Gasteiger partial charge in [-0.05, 0) is 42.2 Å². The zero-order valence-corrected chi connectivity index (χ0v) is 15.9. The van der Waals surface area contributed by atoms with Gasteiger partial charge in [0, 0.05) is 29.2 Å². The van der Waals surface area contributed by atoms with Crippen molar-refractivity contribution in [3.63, 3.8) is 0 Å². The molecule has 1 atom stereocenters. The standard InChI is InChI=1S/C23H25NO2/c1-15-18-7-5-6-8-20(18)26-21-14-23(2,3)13-19(22(15)21)24-16-9-11-17(25-4)12-10-16/h5-12,15H,13-14H2,1-4H3/t15-/m0/s1. The molecule has 0 spiro atoms. The van der Waals surface area contributed by atoms with Crippen LogP contribution in [0.15, 0.2) is 64.9 Å². The van der Waals surface area contributed by atoms with Crippen LogP contribution in [0.25, 0.3) is 0 Å². The van der Waals surface area contributed by atoms with Gasteiger partial charge in [0.15, 0.2) is 0 Å². The molecule has 2 aromatic rings. The normalized spacial score (nSPS) is 22.5. The number of rotatable bonds is 2. The maximum atomic E-state index is 6.33. The molecular formula is C23H25NO2. The molecule has 134 valence electrons. The predicted molar refractivity (Wildman–Crippen MR) is 106 cm³/mol. The Kier molecular flexibility index (Phi) is 4.10. The molecule has 0 N–H and O–H groups in total. The number of benzene rings is 2. The molecule has 26 heavy (non-hydrogen) atoms. The lowest BCUT2D eigenvalue weighted by atomic mass is 9.71. The summed E-state index contributed by atoms with van der Waals surface area (Å²) in [7, 11) is 1.68. The molecule has 0 amide bonds. The van der Waals surface area contributed by atoms with E-state index in [-0.39, 0.29) is 5.41 Å². The largest absolute Gasteiger partial charge is 0.497 e. The molecule has 1 heterocycles. The van der Waals surface area contributed by atoms with E-state index >= 15 is 0 Å². The molecule has 1 aliphatic carbocycles. The summed E-state index contributed by atoms with van der Waals surface area (Å²) in [5.41, 5.74) is 4.74. The Balaban J connectivity index is 1.79. The van der Waals surface area contributed by atoms with Gasteiger partial charge in [-0.3, -0.25) is 4.99 Å². The fourth-order valence-corrected chi connectivity index (χ4v) is 4.02. The van der Waals surface area contributed by atoms with Crippen LogP contribution in [0.4, 0.5) is 5.69 Å². The number of aliphatic imine (C=N–C) groups is 1. The van der Waals surface area contributed by atoms with E-state index < -0.39 is 0 Å². The number of methoxy groups -OCH3 is 1. The smallest absolute Gasteiger partial charge is 0.130 e. The maximum absolute atomic E-state index is 6.33. The van der Waals surface area contributed by atoms with Crippen LogP contribution in [-0.2, 0) is 0 Å². The van der Waals surface area contributed by atoms with E-state index in [1.807, 2.05) is 30.3 Å². The molecule has 2 aromatic carbocycles. The summed E-state index contributed by atoms with van der Waals surface area (Å²) in [4.78, 5) is 5.02. The Bertz CT molecular complexity index is 891. The highest BCUT2D eigenvalue weighted by Crippen LogP contribution is 2.48. The molecule has 0 aromatic heterocycles. The number of hydrogen-bond acceptors (Lipinski definition) is 3. The van der Waals surface area contributed by atoms with Gasteiger partial charge in [-0.2, -0.15) is 0 Å². The average Bonchev–Trinajstić information content (AvgIpc) is 2.61. The third-order valence-electron chi connectivity index (χ3n) is 5.28. The first-order chi connectivity index (χ1) is 12.5. The minimum atomic E-state index is 0.135. The first-order valence-corrected chi connectivity index (χ1v) is 9.19. The van der Waals surface area contributed by atoms with Crippen LogP contribution in [0.3, 0.4) is 0 Å². The van der Waals surface area contributed by atoms with Crippen LogP contribution in [-0.4, -0.2) is 12.8 Å². The molecule has 0 unspecified atom stereocenters. The third-order valence-corrected chi connectivity index (χ3v) is 5.28. The highest BCUT2D eigenvalue weighted by molar-refractivity contribution is 6.05. The summed E-state index contributed by atoms with van der Waals surface area (Å²) < 4.78 is 11.6. The van der Waals surface area contributed by atoms with Crippen molar-refractivity contribution in [3.8, 4) is 11.5 Å². The summed E-state index contributed by atoms with van der Waals surface area (Å²) >= 11 is 0. The fourth-order valence-electron chi connectivity index (χ4n) is 4.02. The van der Waals surface area contributed by atoms with Gasteiger partial charge in [-0.1, -0.05) is 39.0 Å². The van der Waals surface area contributed by atoms with Crippen molar-refractivity contribution in [2.75, 3.05) is 7.11 Å². The summed E-state index contributed by atoms with van der Waals surface area (Å²) in [6, 6.07) is 16.3. The quantitative estimate of drug-likeness (QED) is 0.663. The van der Waals surface area contributed by atoms with Crippen LogP contribution < -0.4 is 9.47 Å². The van der Waals surface area contributed by atoms with Gasteiger partial charge in [0.1, 0.15) is 17.3 Å². The molecule has 0 saturated heterocycles. The Morgan fingerprint density at radius 1 is 1.04 bits per heavy atom. The lowest BCUT2D eigenvalue weighted by Gasteiger charge is -2.39. The van der Waals surface area contributed by atoms with Crippen LogP contribution >= 0.6 is 0 Å². The topological polar surface area (TPSA) is 30.8 Å². The van der Waals surface area contributed by atoms with Gasteiger partial charge in [-0.15, -0.1) is 0 Å². The van der Waals surface area contributed by atoms with Crippen molar-refractivity contribution in [2.24, 2.45) is 10.4 Å². The van der Waals surface area contributed by atoms with E-state index in [2.05, 4.69) is 39.0 Å². The van der Waals surface area contributed by atoms with E-state index in [1.54, 1.807) is 7.11 Å². The molecule has 2 aliphatic rings. The van der Waals surface area contributed by atoms with Gasteiger partial charge < -0.3 is 9.47 Å². The Morgan fingerprint density at radius 3 is 2.50 bits per heavy atom. The first-order valence-electron chi connectivity index (χ1n) is 9.19. The third kappa shape index (κ3) is 3.03. The number of fused-ring (bicyclic) bond motifs is 1. The van der Waals surface area contributed by atoms with Crippen molar-refractivity contribution in [2.45, 2.75) is 39.5 Å². The minimum absolute atomic E-state index is 0.135. The first kappa shape index (κ1) is 16.9. The molecule has 1 aliphatic heterocycles. The molecule has 0 saturated carbocycles. The number of allylic oxidation sites excluding steroid dienone is 2. The van der Waals surface area contributed by atoms with Crippen molar-refractivity contribution in [1.29, 1.82) is 0 Å². The maximum Gasteiger partial charge on any atom is 0.130 e.